The third-order valence-electron chi connectivity index (χ3n) is 9.57. The van der Waals surface area contributed by atoms with Crippen molar-refractivity contribution in [1.82, 2.24) is 24.8 Å². The predicted octanol–water partition coefficient (Wildman–Crippen LogP) is 6.01. The van der Waals surface area contributed by atoms with Crippen LogP contribution in [-0.2, 0) is 4.79 Å². The van der Waals surface area contributed by atoms with Gasteiger partial charge in [0.25, 0.3) is 5.91 Å². The highest BCUT2D eigenvalue weighted by Crippen LogP contribution is 2.41. The molecule has 3 fully saturated rings. The van der Waals surface area contributed by atoms with E-state index in [4.69, 9.17) is 32.9 Å². The summed E-state index contributed by atoms with van der Waals surface area (Å²) in [5.41, 5.74) is 0.668. The second-order valence-corrected chi connectivity index (χ2v) is 12.8. The predicted molar refractivity (Wildman–Crippen MR) is 173 cm³/mol. The van der Waals surface area contributed by atoms with Crippen LogP contribution in [0.1, 0.15) is 19.3 Å². The van der Waals surface area contributed by atoms with Gasteiger partial charge >= 0.3 is 6.01 Å². The van der Waals surface area contributed by atoms with E-state index in [9.17, 15) is 13.6 Å². The molecular weight excluding hydrogens is 631 g/mol. The van der Waals surface area contributed by atoms with E-state index in [-0.39, 0.29) is 44.4 Å². The zero-order valence-electron chi connectivity index (χ0n) is 25.4. The van der Waals surface area contributed by atoms with Gasteiger partial charge in [-0.2, -0.15) is 9.97 Å². The standard InChI is InChI=1S/C34H31ClF3N7O2/c1-20(36)32(46)45-10-9-43(18-23(45)15-39-2)31-25-11-28(38)24(26-16-40-14-21-5-3-6-27(35)30(21)26)12-29(25)41-33(42-31)47-19-34-7-4-8-44(34)17-22(37)13-34/h3,5-6,11-12,14,16,22-23H,1,4,7-10,13,15,17-19H2/t22-,23+,34+/m1/s1. The van der Waals surface area contributed by atoms with E-state index in [1.807, 2.05) is 11.0 Å². The maximum absolute atomic E-state index is 16.1. The molecule has 0 N–H and O–H groups in total. The Bertz CT molecular complexity index is 1950. The number of ether oxygens (including phenoxy) is 1. The molecule has 4 aromatic rings. The Hall–Kier alpha value is -4.47. The molecule has 7 rings (SSSR count). The van der Waals surface area contributed by atoms with E-state index in [0.29, 0.717) is 45.7 Å². The molecule has 1 amide bonds. The first kappa shape index (κ1) is 31.1. The van der Waals surface area contributed by atoms with Gasteiger partial charge in [-0.3, -0.25) is 14.7 Å². The van der Waals surface area contributed by atoms with Crippen molar-refractivity contribution in [3.05, 3.63) is 77.4 Å². The third-order valence-corrected chi connectivity index (χ3v) is 9.89. The highest BCUT2D eigenvalue weighted by atomic mass is 35.5. The van der Waals surface area contributed by atoms with Gasteiger partial charge in [0.2, 0.25) is 6.54 Å². The molecule has 5 heterocycles. The van der Waals surface area contributed by atoms with Gasteiger partial charge in [0.1, 0.15) is 30.5 Å². The van der Waals surface area contributed by atoms with Crippen molar-refractivity contribution < 1.29 is 22.7 Å². The number of halogens is 4. The normalized spacial score (nSPS) is 22.9. The molecule has 3 aliphatic rings. The number of benzene rings is 2. The zero-order valence-corrected chi connectivity index (χ0v) is 26.2. The van der Waals surface area contributed by atoms with Gasteiger partial charge in [0, 0.05) is 77.3 Å². The van der Waals surface area contributed by atoms with Crippen LogP contribution >= 0.6 is 11.6 Å². The number of hydrogen-bond donors (Lipinski definition) is 0. The van der Waals surface area contributed by atoms with Gasteiger partial charge in [-0.15, -0.1) is 0 Å². The second-order valence-electron chi connectivity index (χ2n) is 12.4. The summed E-state index contributed by atoms with van der Waals surface area (Å²) in [6.45, 7) is 12.3. The first-order chi connectivity index (χ1) is 22.7. The van der Waals surface area contributed by atoms with Crippen LogP contribution in [0.3, 0.4) is 0 Å². The molecule has 2 aromatic heterocycles. The molecule has 2 aromatic carbocycles. The first-order valence-corrected chi connectivity index (χ1v) is 15.8. The van der Waals surface area contributed by atoms with E-state index in [1.165, 1.54) is 11.0 Å². The maximum Gasteiger partial charge on any atom is 0.319 e. The molecule has 9 nitrogen and oxygen atoms in total. The summed E-state index contributed by atoms with van der Waals surface area (Å²) in [4.78, 5) is 35.0. The SMILES string of the molecule is [C-]#[N+]C[C@H]1CN(c2nc(OC[C@@]34CCCN3C[C@H](F)C4)nc3cc(-c4cncc5cccc(Cl)c45)c(F)cc23)CCN1C(=O)C(=C)F. The number of piperazine rings is 1. The number of anilines is 1. The average molecular weight is 662 g/mol. The van der Waals surface area contributed by atoms with Crippen molar-refractivity contribution in [1.29, 1.82) is 0 Å². The molecule has 13 heteroatoms. The molecule has 47 heavy (non-hydrogen) atoms. The highest BCUT2D eigenvalue weighted by Gasteiger charge is 2.49. The van der Waals surface area contributed by atoms with E-state index in [1.54, 1.807) is 30.6 Å². The summed E-state index contributed by atoms with van der Waals surface area (Å²) in [6, 6.07) is 7.73. The molecular formula is C34H31ClF3N7O2. The largest absolute Gasteiger partial charge is 0.461 e. The monoisotopic (exact) mass is 661 g/mol. The topological polar surface area (TPSA) is 79.1 Å². The molecule has 0 saturated carbocycles. The summed E-state index contributed by atoms with van der Waals surface area (Å²) >= 11 is 6.57. The lowest BCUT2D eigenvalue weighted by Gasteiger charge is -2.39. The third kappa shape index (κ3) is 5.61. The molecule has 0 spiro atoms. The van der Waals surface area contributed by atoms with Crippen LogP contribution in [0.5, 0.6) is 6.01 Å². The number of alkyl halides is 1. The summed E-state index contributed by atoms with van der Waals surface area (Å²) in [5, 5.41) is 2.23. The number of nitrogens with zero attached hydrogens (tertiary/aromatic N) is 7. The highest BCUT2D eigenvalue weighted by molar-refractivity contribution is 6.36. The number of rotatable bonds is 7. The van der Waals surface area contributed by atoms with Crippen LogP contribution in [0, 0.1) is 12.4 Å². The minimum atomic E-state index is -1.10. The number of fused-ring (bicyclic) bond motifs is 3. The minimum Gasteiger partial charge on any atom is -0.461 e. The smallest absolute Gasteiger partial charge is 0.319 e. The Labute approximate surface area is 274 Å². The molecule has 0 radical (unpaired) electrons. The van der Waals surface area contributed by atoms with E-state index < -0.39 is 35.3 Å². The minimum absolute atomic E-state index is 0.0417. The molecule has 3 aliphatic heterocycles. The van der Waals surface area contributed by atoms with Crippen LogP contribution < -0.4 is 9.64 Å². The van der Waals surface area contributed by atoms with Crippen LogP contribution in [-0.4, -0.2) is 94.3 Å². The van der Waals surface area contributed by atoms with Crippen molar-refractivity contribution >= 4 is 45.0 Å². The van der Waals surface area contributed by atoms with Crippen LogP contribution in [0.25, 0.3) is 37.6 Å². The maximum atomic E-state index is 16.1. The van der Waals surface area contributed by atoms with E-state index in [2.05, 4.69) is 21.3 Å². The zero-order chi connectivity index (χ0) is 32.9. The number of aromatic nitrogens is 3. The van der Waals surface area contributed by atoms with Gasteiger partial charge in [-0.05, 0) is 37.6 Å². The Morgan fingerprint density at radius 1 is 1.17 bits per heavy atom. The quantitative estimate of drug-likeness (QED) is 0.177. The van der Waals surface area contributed by atoms with Crippen LogP contribution in [0.4, 0.5) is 19.0 Å². The lowest BCUT2D eigenvalue weighted by atomic mass is 9.95. The van der Waals surface area contributed by atoms with Crippen molar-refractivity contribution in [2.75, 3.05) is 50.8 Å². The summed E-state index contributed by atoms with van der Waals surface area (Å²) < 4.78 is 50.7. The Morgan fingerprint density at radius 2 is 2.02 bits per heavy atom. The van der Waals surface area contributed by atoms with Gasteiger partial charge in [0.05, 0.1) is 11.1 Å². The van der Waals surface area contributed by atoms with Gasteiger partial charge < -0.3 is 19.4 Å². The number of amides is 1. The average Bonchev–Trinajstić information content (AvgIpc) is 3.58. The molecule has 3 saturated heterocycles. The number of hydrogen-bond acceptors (Lipinski definition) is 7. The first-order valence-electron chi connectivity index (χ1n) is 15.5. The molecule has 3 atom stereocenters. The number of carbonyl (C=O) groups is 1. The van der Waals surface area contributed by atoms with Crippen LogP contribution in [0.2, 0.25) is 5.02 Å². The fourth-order valence-corrected chi connectivity index (χ4v) is 7.68. The van der Waals surface area contributed by atoms with Crippen molar-refractivity contribution in [2.24, 2.45) is 0 Å². The Balaban J connectivity index is 1.32. The fourth-order valence-electron chi connectivity index (χ4n) is 7.40. The lowest BCUT2D eigenvalue weighted by Crippen LogP contribution is -2.56. The van der Waals surface area contributed by atoms with Crippen molar-refractivity contribution in [2.45, 2.75) is 37.0 Å². The number of pyridine rings is 1. The summed E-state index contributed by atoms with van der Waals surface area (Å²) in [7, 11) is 0. The van der Waals surface area contributed by atoms with Gasteiger partial charge in [-0.1, -0.05) is 30.3 Å². The lowest BCUT2D eigenvalue weighted by molar-refractivity contribution is -0.131. The Kier molecular flexibility index (Phi) is 8.14. The fraction of sp³-hybridized carbons (Fsp3) is 0.382. The van der Waals surface area contributed by atoms with Crippen LogP contribution in [0.15, 0.2) is 55.1 Å². The molecule has 0 bridgehead atoms. The Morgan fingerprint density at radius 3 is 2.83 bits per heavy atom. The van der Waals surface area contributed by atoms with Gasteiger partial charge in [-0.25, -0.2) is 19.7 Å². The molecule has 242 valence electrons. The summed E-state index contributed by atoms with van der Waals surface area (Å²) in [6.07, 6.45) is 4.40. The van der Waals surface area contributed by atoms with Crippen molar-refractivity contribution in [3.8, 4) is 17.1 Å². The molecule has 0 unspecified atom stereocenters. The second kappa shape index (κ2) is 12.3. The van der Waals surface area contributed by atoms with E-state index >= 15 is 4.39 Å². The van der Waals surface area contributed by atoms with E-state index in [0.717, 1.165) is 24.8 Å². The van der Waals surface area contributed by atoms with Gasteiger partial charge in [0.15, 0.2) is 5.83 Å². The van der Waals surface area contributed by atoms with Crippen molar-refractivity contribution in [3.63, 3.8) is 0 Å². The summed E-state index contributed by atoms with van der Waals surface area (Å²) in [5.74, 6) is -2.17. The number of carbonyl (C=O) groups excluding carboxylic acids is 1. The molecule has 0 aliphatic carbocycles.